The maximum atomic E-state index is 12.2. The molecule has 0 radical (unpaired) electrons. The van der Waals surface area contributed by atoms with Gasteiger partial charge in [-0.15, -0.1) is 0 Å². The number of oxazole rings is 1. The second-order valence-corrected chi connectivity index (χ2v) is 5.73. The number of pyridine rings is 1. The van der Waals surface area contributed by atoms with Crippen molar-refractivity contribution in [1.29, 1.82) is 0 Å². The number of nitrogens with one attached hydrogen (secondary N) is 2. The number of sulfonamides is 1. The molecule has 0 amide bonds. The van der Waals surface area contributed by atoms with Crippen molar-refractivity contribution in [2.75, 3.05) is 12.4 Å². The Kier molecular flexibility index (Phi) is 4.35. The molecular formula is C12H16N4O3S. The van der Waals surface area contributed by atoms with Crippen LogP contribution in [0.25, 0.3) is 0 Å². The quantitative estimate of drug-likeness (QED) is 0.830. The SMILES string of the molecule is CCc1cnc(CNS(=O)(=O)c2cccnc2NC)o1. The summed E-state index contributed by atoms with van der Waals surface area (Å²) in [7, 11) is -2.06. The molecule has 0 aliphatic carbocycles. The average molecular weight is 296 g/mol. The largest absolute Gasteiger partial charge is 0.444 e. The monoisotopic (exact) mass is 296 g/mol. The van der Waals surface area contributed by atoms with E-state index in [-0.39, 0.29) is 11.4 Å². The van der Waals surface area contributed by atoms with Crippen molar-refractivity contribution < 1.29 is 12.8 Å². The predicted molar refractivity (Wildman–Crippen MR) is 73.7 cm³/mol. The van der Waals surface area contributed by atoms with Crippen LogP contribution >= 0.6 is 0 Å². The summed E-state index contributed by atoms with van der Waals surface area (Å²) < 4.78 is 32.2. The number of nitrogens with zero attached hydrogens (tertiary/aromatic N) is 2. The zero-order valence-electron chi connectivity index (χ0n) is 11.3. The van der Waals surface area contributed by atoms with Gasteiger partial charge in [0.1, 0.15) is 16.5 Å². The minimum absolute atomic E-state index is 0.000379. The molecule has 8 heteroatoms. The van der Waals surface area contributed by atoms with E-state index in [1.54, 1.807) is 19.3 Å². The molecule has 0 saturated heterocycles. The van der Waals surface area contributed by atoms with Gasteiger partial charge < -0.3 is 9.73 Å². The number of rotatable bonds is 6. The normalized spacial score (nSPS) is 11.5. The number of aromatic nitrogens is 2. The lowest BCUT2D eigenvalue weighted by Crippen LogP contribution is -2.24. The van der Waals surface area contributed by atoms with E-state index in [1.165, 1.54) is 12.3 Å². The Bertz CT molecular complexity index is 682. The fraction of sp³-hybridized carbons (Fsp3) is 0.333. The molecular weight excluding hydrogens is 280 g/mol. The molecule has 0 aliphatic heterocycles. The van der Waals surface area contributed by atoms with Gasteiger partial charge in [0.2, 0.25) is 15.9 Å². The average Bonchev–Trinajstić information content (AvgIpc) is 2.93. The molecule has 2 heterocycles. The molecule has 2 aromatic rings. The fourth-order valence-electron chi connectivity index (χ4n) is 1.62. The zero-order valence-corrected chi connectivity index (χ0v) is 12.1. The van der Waals surface area contributed by atoms with Crippen LogP contribution < -0.4 is 10.0 Å². The summed E-state index contributed by atoms with van der Waals surface area (Å²) in [6.45, 7) is 1.93. The van der Waals surface area contributed by atoms with Crippen LogP contribution in [0.3, 0.4) is 0 Å². The Balaban J connectivity index is 2.15. The minimum atomic E-state index is -3.67. The van der Waals surface area contributed by atoms with Crippen molar-refractivity contribution in [3.05, 3.63) is 36.2 Å². The predicted octanol–water partition coefficient (Wildman–Crippen LogP) is 1.15. The summed E-state index contributed by atoms with van der Waals surface area (Å²) in [5.41, 5.74) is 0. The summed E-state index contributed by atoms with van der Waals surface area (Å²) >= 11 is 0. The highest BCUT2D eigenvalue weighted by atomic mass is 32.2. The van der Waals surface area contributed by atoms with Crippen molar-refractivity contribution in [3.63, 3.8) is 0 Å². The van der Waals surface area contributed by atoms with Crippen LogP contribution in [0.5, 0.6) is 0 Å². The first-order valence-corrected chi connectivity index (χ1v) is 7.61. The van der Waals surface area contributed by atoms with Gasteiger partial charge in [-0.05, 0) is 12.1 Å². The number of hydrogen-bond acceptors (Lipinski definition) is 6. The zero-order chi connectivity index (χ0) is 14.6. The number of hydrogen-bond donors (Lipinski definition) is 2. The number of anilines is 1. The van der Waals surface area contributed by atoms with E-state index in [0.717, 1.165) is 5.76 Å². The molecule has 0 atom stereocenters. The van der Waals surface area contributed by atoms with E-state index in [9.17, 15) is 8.42 Å². The summed E-state index contributed by atoms with van der Waals surface area (Å²) in [6.07, 6.45) is 3.82. The van der Waals surface area contributed by atoms with E-state index >= 15 is 0 Å². The first-order chi connectivity index (χ1) is 9.56. The molecule has 0 fully saturated rings. The van der Waals surface area contributed by atoms with E-state index in [4.69, 9.17) is 4.42 Å². The molecule has 2 rings (SSSR count). The summed E-state index contributed by atoms with van der Waals surface area (Å²) in [5, 5.41) is 2.74. The molecule has 0 unspecified atom stereocenters. The molecule has 108 valence electrons. The Morgan fingerprint density at radius 3 is 2.80 bits per heavy atom. The third-order valence-corrected chi connectivity index (χ3v) is 4.09. The maximum absolute atomic E-state index is 12.2. The van der Waals surface area contributed by atoms with Crippen LogP contribution in [0, 0.1) is 0 Å². The van der Waals surface area contributed by atoms with Crippen molar-refractivity contribution in [2.24, 2.45) is 0 Å². The van der Waals surface area contributed by atoms with Gasteiger partial charge in [0.05, 0.1) is 12.7 Å². The lowest BCUT2D eigenvalue weighted by molar-refractivity contribution is 0.452. The van der Waals surface area contributed by atoms with Crippen molar-refractivity contribution >= 4 is 15.8 Å². The van der Waals surface area contributed by atoms with E-state index in [1.807, 2.05) is 6.92 Å². The van der Waals surface area contributed by atoms with Crippen LogP contribution in [0.1, 0.15) is 18.6 Å². The summed E-state index contributed by atoms with van der Waals surface area (Å²) in [6, 6.07) is 3.05. The van der Waals surface area contributed by atoms with Crippen molar-refractivity contribution in [1.82, 2.24) is 14.7 Å². The van der Waals surface area contributed by atoms with Crippen LogP contribution in [-0.2, 0) is 23.0 Å². The van der Waals surface area contributed by atoms with E-state index < -0.39 is 10.0 Å². The molecule has 0 saturated carbocycles. The van der Waals surface area contributed by atoms with E-state index in [0.29, 0.717) is 18.1 Å². The van der Waals surface area contributed by atoms with Gasteiger partial charge in [-0.25, -0.2) is 23.1 Å². The smallest absolute Gasteiger partial charge is 0.244 e. The second kappa shape index (κ2) is 6.02. The molecule has 0 spiro atoms. The molecule has 0 aliphatic rings. The van der Waals surface area contributed by atoms with Crippen molar-refractivity contribution in [2.45, 2.75) is 24.8 Å². The van der Waals surface area contributed by atoms with Gasteiger partial charge in [0.15, 0.2) is 0 Å². The van der Waals surface area contributed by atoms with Crippen LogP contribution in [-0.4, -0.2) is 25.4 Å². The molecule has 0 bridgehead atoms. The van der Waals surface area contributed by atoms with E-state index in [2.05, 4.69) is 20.0 Å². The Labute approximate surface area is 117 Å². The maximum Gasteiger partial charge on any atom is 0.244 e. The van der Waals surface area contributed by atoms with Crippen LogP contribution in [0.4, 0.5) is 5.82 Å². The minimum Gasteiger partial charge on any atom is -0.444 e. The summed E-state index contributed by atoms with van der Waals surface area (Å²) in [5.74, 6) is 1.35. The molecule has 2 N–H and O–H groups in total. The number of aryl methyl sites for hydroxylation is 1. The Hall–Kier alpha value is -1.93. The highest BCUT2D eigenvalue weighted by Crippen LogP contribution is 2.17. The van der Waals surface area contributed by atoms with Gasteiger partial charge in [-0.2, -0.15) is 0 Å². The van der Waals surface area contributed by atoms with Gasteiger partial charge >= 0.3 is 0 Å². The van der Waals surface area contributed by atoms with Gasteiger partial charge in [0.25, 0.3) is 0 Å². The fourth-order valence-corrected chi connectivity index (χ4v) is 2.76. The lowest BCUT2D eigenvalue weighted by Gasteiger charge is -2.08. The second-order valence-electron chi connectivity index (χ2n) is 4.00. The molecule has 20 heavy (non-hydrogen) atoms. The Morgan fingerprint density at radius 2 is 2.15 bits per heavy atom. The third kappa shape index (κ3) is 3.14. The first kappa shape index (κ1) is 14.5. The topological polar surface area (TPSA) is 97.1 Å². The first-order valence-electron chi connectivity index (χ1n) is 6.13. The molecule has 7 nitrogen and oxygen atoms in total. The Morgan fingerprint density at radius 1 is 1.35 bits per heavy atom. The van der Waals surface area contributed by atoms with Gasteiger partial charge in [0, 0.05) is 19.7 Å². The highest BCUT2D eigenvalue weighted by molar-refractivity contribution is 7.89. The summed E-state index contributed by atoms with van der Waals surface area (Å²) in [4.78, 5) is 8.06. The van der Waals surface area contributed by atoms with Gasteiger partial charge in [-0.3, -0.25) is 0 Å². The third-order valence-electron chi connectivity index (χ3n) is 2.66. The van der Waals surface area contributed by atoms with Crippen molar-refractivity contribution in [3.8, 4) is 0 Å². The standard InChI is InChI=1S/C12H16N4O3S/c1-3-9-7-15-11(19-9)8-16-20(17,18)10-5-4-6-14-12(10)13-2/h4-7,16H,3,8H2,1-2H3,(H,13,14). The highest BCUT2D eigenvalue weighted by Gasteiger charge is 2.19. The molecule has 2 aromatic heterocycles. The van der Waals surface area contributed by atoms with Gasteiger partial charge in [-0.1, -0.05) is 6.92 Å². The lowest BCUT2D eigenvalue weighted by atomic mass is 10.4. The molecule has 0 aromatic carbocycles. The van der Waals surface area contributed by atoms with Crippen LogP contribution in [0.2, 0.25) is 0 Å². The van der Waals surface area contributed by atoms with Crippen LogP contribution in [0.15, 0.2) is 33.8 Å².